The van der Waals surface area contributed by atoms with E-state index >= 15 is 0 Å². The first-order valence-corrected chi connectivity index (χ1v) is 4.32. The van der Waals surface area contributed by atoms with E-state index in [1.165, 1.54) is 18.4 Å². The highest BCUT2D eigenvalue weighted by Crippen LogP contribution is 2.40. The van der Waals surface area contributed by atoms with E-state index in [1.807, 2.05) is 6.07 Å². The molecule has 0 heterocycles. The zero-order valence-electron chi connectivity index (χ0n) is 6.96. The van der Waals surface area contributed by atoms with Crippen LogP contribution in [0.15, 0.2) is 24.3 Å². The predicted molar refractivity (Wildman–Crippen MR) is 48.7 cm³/mol. The second-order valence-electron chi connectivity index (χ2n) is 3.34. The highest BCUT2D eigenvalue weighted by Gasteiger charge is 2.23. The summed E-state index contributed by atoms with van der Waals surface area (Å²) >= 11 is 0. The Labute approximate surface area is 72.9 Å². The number of hydrogen-bond donors (Lipinski definition) is 0. The molecule has 1 heteroatoms. The molecule has 0 aromatic heterocycles. The number of rotatable bonds is 2. The zero-order valence-corrected chi connectivity index (χ0v) is 6.96. The molecule has 1 aliphatic carbocycles. The summed E-state index contributed by atoms with van der Waals surface area (Å²) in [5, 5.41) is 0. The minimum atomic E-state index is 0.528. The van der Waals surface area contributed by atoms with Crippen LogP contribution in [0.1, 0.15) is 29.9 Å². The molecule has 0 atom stereocenters. The third kappa shape index (κ3) is 1.48. The molecule has 0 saturated heterocycles. The standard InChI is InChI=1S/C11H11N/c1-12-8-9-3-2-4-11(7-9)10-5-6-10/h2-4,7,10H,5-6,8H2. The summed E-state index contributed by atoms with van der Waals surface area (Å²) in [5.74, 6) is 0.802. The minimum Gasteiger partial charge on any atom is -0.312 e. The lowest BCUT2D eigenvalue weighted by Gasteiger charge is -1.97. The lowest BCUT2D eigenvalue weighted by molar-refractivity contribution is 1.11. The predicted octanol–water partition coefficient (Wildman–Crippen LogP) is 2.98. The Balaban J connectivity index is 2.22. The van der Waals surface area contributed by atoms with Crippen LogP contribution in [0.5, 0.6) is 0 Å². The maximum absolute atomic E-state index is 6.76. The van der Waals surface area contributed by atoms with E-state index in [0.717, 1.165) is 11.5 Å². The smallest absolute Gasteiger partial charge is 0.239 e. The second kappa shape index (κ2) is 2.98. The first-order valence-electron chi connectivity index (χ1n) is 4.32. The van der Waals surface area contributed by atoms with Crippen molar-refractivity contribution in [3.8, 4) is 0 Å². The van der Waals surface area contributed by atoms with Crippen LogP contribution < -0.4 is 0 Å². The number of nitrogens with zero attached hydrogens (tertiary/aromatic N) is 1. The molecule has 0 spiro atoms. The van der Waals surface area contributed by atoms with Crippen molar-refractivity contribution in [1.82, 2.24) is 0 Å². The lowest BCUT2D eigenvalue weighted by Crippen LogP contribution is -1.83. The molecule has 0 radical (unpaired) electrons. The van der Waals surface area contributed by atoms with E-state index in [9.17, 15) is 0 Å². The largest absolute Gasteiger partial charge is 0.312 e. The molecule has 12 heavy (non-hydrogen) atoms. The van der Waals surface area contributed by atoms with Crippen molar-refractivity contribution in [2.24, 2.45) is 0 Å². The van der Waals surface area contributed by atoms with E-state index in [0.29, 0.717) is 6.54 Å². The summed E-state index contributed by atoms with van der Waals surface area (Å²) in [7, 11) is 0. The topological polar surface area (TPSA) is 4.36 Å². The van der Waals surface area contributed by atoms with Crippen LogP contribution in [-0.2, 0) is 6.54 Å². The second-order valence-corrected chi connectivity index (χ2v) is 3.34. The first-order chi connectivity index (χ1) is 5.90. The molecule has 2 rings (SSSR count). The Bertz CT molecular complexity index is 318. The van der Waals surface area contributed by atoms with Gasteiger partial charge in [0.15, 0.2) is 0 Å². The molecule has 1 aromatic rings. The zero-order chi connectivity index (χ0) is 8.39. The fourth-order valence-electron chi connectivity index (χ4n) is 1.45. The lowest BCUT2D eigenvalue weighted by atomic mass is 10.1. The Morgan fingerprint density at radius 1 is 1.42 bits per heavy atom. The maximum Gasteiger partial charge on any atom is 0.239 e. The van der Waals surface area contributed by atoms with Gasteiger partial charge >= 0.3 is 0 Å². The van der Waals surface area contributed by atoms with Crippen LogP contribution in [0.3, 0.4) is 0 Å². The van der Waals surface area contributed by atoms with Gasteiger partial charge in [0.05, 0.1) is 0 Å². The molecule has 0 N–H and O–H groups in total. The van der Waals surface area contributed by atoms with Crippen molar-refractivity contribution in [2.75, 3.05) is 0 Å². The van der Waals surface area contributed by atoms with Gasteiger partial charge < -0.3 is 4.85 Å². The molecule has 1 aliphatic rings. The van der Waals surface area contributed by atoms with Gasteiger partial charge in [0.1, 0.15) is 0 Å². The molecule has 60 valence electrons. The molecule has 1 saturated carbocycles. The first kappa shape index (κ1) is 7.36. The molecular weight excluding hydrogens is 146 g/mol. The average Bonchev–Trinajstić information content (AvgIpc) is 2.88. The molecule has 0 bridgehead atoms. The fourth-order valence-corrected chi connectivity index (χ4v) is 1.45. The molecule has 1 nitrogen and oxygen atoms in total. The van der Waals surface area contributed by atoms with Crippen LogP contribution in [0.2, 0.25) is 0 Å². The minimum absolute atomic E-state index is 0.528. The summed E-state index contributed by atoms with van der Waals surface area (Å²) in [6.45, 7) is 7.29. The monoisotopic (exact) mass is 157 g/mol. The van der Waals surface area contributed by atoms with Crippen LogP contribution >= 0.6 is 0 Å². The number of benzene rings is 1. The third-order valence-corrected chi connectivity index (χ3v) is 2.26. The molecule has 1 aromatic carbocycles. The fraction of sp³-hybridized carbons (Fsp3) is 0.364. The van der Waals surface area contributed by atoms with Crippen molar-refractivity contribution in [3.05, 3.63) is 46.8 Å². The van der Waals surface area contributed by atoms with E-state index in [4.69, 9.17) is 6.57 Å². The van der Waals surface area contributed by atoms with Crippen LogP contribution in [-0.4, -0.2) is 0 Å². The Morgan fingerprint density at radius 3 is 2.92 bits per heavy atom. The van der Waals surface area contributed by atoms with Gasteiger partial charge in [-0.05, 0) is 30.4 Å². The highest BCUT2D eigenvalue weighted by atomic mass is 14.6. The van der Waals surface area contributed by atoms with Crippen LogP contribution in [0.25, 0.3) is 4.85 Å². The Hall–Kier alpha value is -1.29. The Kier molecular flexibility index (Phi) is 1.83. The molecule has 0 aliphatic heterocycles. The van der Waals surface area contributed by atoms with Crippen molar-refractivity contribution >= 4 is 0 Å². The maximum atomic E-state index is 6.76. The van der Waals surface area contributed by atoms with Gasteiger partial charge in [0.2, 0.25) is 6.54 Å². The van der Waals surface area contributed by atoms with Crippen LogP contribution in [0, 0.1) is 6.57 Å². The summed E-state index contributed by atoms with van der Waals surface area (Å²) in [4.78, 5) is 3.38. The van der Waals surface area contributed by atoms with Gasteiger partial charge in [-0.3, -0.25) is 0 Å². The van der Waals surface area contributed by atoms with E-state index in [-0.39, 0.29) is 0 Å². The van der Waals surface area contributed by atoms with Gasteiger partial charge in [0, 0.05) is 5.56 Å². The van der Waals surface area contributed by atoms with E-state index in [2.05, 4.69) is 23.0 Å². The highest BCUT2D eigenvalue weighted by molar-refractivity contribution is 5.29. The quantitative estimate of drug-likeness (QED) is 0.581. The summed E-state index contributed by atoms with van der Waals surface area (Å²) in [6, 6.07) is 8.44. The van der Waals surface area contributed by atoms with Crippen molar-refractivity contribution < 1.29 is 0 Å². The van der Waals surface area contributed by atoms with Crippen molar-refractivity contribution in [2.45, 2.75) is 25.3 Å². The van der Waals surface area contributed by atoms with E-state index < -0.39 is 0 Å². The molecular formula is C11H11N. The van der Waals surface area contributed by atoms with Crippen LogP contribution in [0.4, 0.5) is 0 Å². The third-order valence-electron chi connectivity index (χ3n) is 2.26. The van der Waals surface area contributed by atoms with Gasteiger partial charge in [-0.15, -0.1) is 0 Å². The summed E-state index contributed by atoms with van der Waals surface area (Å²) in [5.41, 5.74) is 2.59. The van der Waals surface area contributed by atoms with E-state index in [1.54, 1.807) is 0 Å². The summed E-state index contributed by atoms with van der Waals surface area (Å²) in [6.07, 6.45) is 2.67. The normalized spacial score (nSPS) is 15.6. The number of hydrogen-bond acceptors (Lipinski definition) is 0. The molecule has 1 fully saturated rings. The van der Waals surface area contributed by atoms with Gasteiger partial charge in [-0.2, -0.15) is 0 Å². The van der Waals surface area contributed by atoms with Gasteiger partial charge in [-0.1, -0.05) is 18.2 Å². The molecule has 0 amide bonds. The van der Waals surface area contributed by atoms with Crippen molar-refractivity contribution in [1.29, 1.82) is 0 Å². The average molecular weight is 157 g/mol. The Morgan fingerprint density at radius 2 is 2.25 bits per heavy atom. The van der Waals surface area contributed by atoms with Crippen molar-refractivity contribution in [3.63, 3.8) is 0 Å². The van der Waals surface area contributed by atoms with Gasteiger partial charge in [0.25, 0.3) is 0 Å². The van der Waals surface area contributed by atoms with Gasteiger partial charge in [-0.25, -0.2) is 6.57 Å². The summed E-state index contributed by atoms with van der Waals surface area (Å²) < 4.78 is 0. The SMILES string of the molecule is [C-]#[N+]Cc1cccc(C2CC2)c1. The molecule has 0 unspecified atom stereocenters.